The Morgan fingerprint density at radius 2 is 1.84 bits per heavy atom. The summed E-state index contributed by atoms with van der Waals surface area (Å²) in [5.41, 5.74) is 3.54. The minimum Gasteiger partial charge on any atom is -0.387 e. The number of likely N-dealkylation sites (tertiary alicyclic amines) is 1. The van der Waals surface area contributed by atoms with Crippen LogP contribution in [0, 0.1) is 18.6 Å². The summed E-state index contributed by atoms with van der Waals surface area (Å²) in [6, 6.07) is 8.08. The molecule has 198 valence electrons. The third-order valence-corrected chi connectivity index (χ3v) is 8.00. The molecule has 38 heavy (non-hydrogen) atoms. The number of benzene rings is 2. The monoisotopic (exact) mass is 538 g/mol. The van der Waals surface area contributed by atoms with Gasteiger partial charge in [-0.1, -0.05) is 17.7 Å². The second-order valence-corrected chi connectivity index (χ2v) is 10.7. The van der Waals surface area contributed by atoms with E-state index >= 15 is 0 Å². The van der Waals surface area contributed by atoms with Crippen LogP contribution in [0.3, 0.4) is 0 Å². The fourth-order valence-corrected chi connectivity index (χ4v) is 5.71. The smallest absolute Gasteiger partial charge is 0.227 e. The summed E-state index contributed by atoms with van der Waals surface area (Å²) in [5, 5.41) is 19.8. The number of aliphatic hydroxyl groups is 1. The normalized spacial score (nSPS) is 17.7. The molecule has 1 aliphatic carbocycles. The van der Waals surface area contributed by atoms with E-state index in [4.69, 9.17) is 16.6 Å². The number of anilines is 2. The van der Waals surface area contributed by atoms with E-state index in [0.717, 1.165) is 40.7 Å². The van der Waals surface area contributed by atoms with Gasteiger partial charge >= 0.3 is 0 Å². The van der Waals surface area contributed by atoms with Crippen molar-refractivity contribution >= 4 is 34.1 Å². The van der Waals surface area contributed by atoms with Crippen LogP contribution in [0.1, 0.15) is 60.6 Å². The van der Waals surface area contributed by atoms with Crippen molar-refractivity contribution in [2.75, 3.05) is 25.0 Å². The van der Waals surface area contributed by atoms with Crippen LogP contribution in [-0.4, -0.2) is 49.4 Å². The molecule has 3 heterocycles. The number of hydrogen-bond acceptors (Lipinski definition) is 6. The number of aliphatic hydroxyl groups excluding tert-OH is 1. The fraction of sp³-hybridized carbons (Fsp3) is 0.393. The largest absolute Gasteiger partial charge is 0.387 e. The molecule has 1 aliphatic heterocycles. The predicted molar refractivity (Wildman–Crippen MR) is 143 cm³/mol. The molecule has 2 aromatic heterocycles. The van der Waals surface area contributed by atoms with Crippen molar-refractivity contribution in [2.24, 2.45) is 0 Å². The molecule has 2 aliphatic rings. The van der Waals surface area contributed by atoms with E-state index in [0.29, 0.717) is 30.1 Å². The van der Waals surface area contributed by atoms with Gasteiger partial charge in [0.25, 0.3) is 0 Å². The van der Waals surface area contributed by atoms with Crippen molar-refractivity contribution in [2.45, 2.75) is 50.7 Å². The van der Waals surface area contributed by atoms with Crippen LogP contribution in [0.15, 0.2) is 42.7 Å². The number of nitrogens with zero attached hydrogens (tertiary/aromatic N) is 5. The van der Waals surface area contributed by atoms with Gasteiger partial charge in [-0.2, -0.15) is 5.10 Å². The molecular weight excluding hydrogens is 510 g/mol. The van der Waals surface area contributed by atoms with Gasteiger partial charge in [0, 0.05) is 23.2 Å². The fourth-order valence-electron chi connectivity index (χ4n) is 5.39. The van der Waals surface area contributed by atoms with E-state index in [1.807, 2.05) is 30.2 Å². The highest BCUT2D eigenvalue weighted by atomic mass is 35.5. The summed E-state index contributed by atoms with van der Waals surface area (Å²) < 4.78 is 30.2. The van der Waals surface area contributed by atoms with E-state index < -0.39 is 17.7 Å². The van der Waals surface area contributed by atoms with Gasteiger partial charge in [0.1, 0.15) is 11.6 Å². The molecule has 0 amide bonds. The first-order valence-electron chi connectivity index (χ1n) is 13.0. The van der Waals surface area contributed by atoms with Gasteiger partial charge in [0.2, 0.25) is 5.95 Å². The lowest BCUT2D eigenvalue weighted by molar-refractivity contribution is 0.0920. The third kappa shape index (κ3) is 4.98. The number of β-amino-alcohol motifs (C(OH)–C–C–N with tert-alkyl or cyclic N) is 1. The Bertz CT molecular complexity index is 1460. The van der Waals surface area contributed by atoms with Crippen LogP contribution in [0.25, 0.3) is 10.9 Å². The standard InChI is InChI=1S/C28H29ClF2N6O/c1-16-25(14-33-37(16)19-5-6-19)35-28-32-13-18-11-21(29)20(12-24(18)34-28)17-7-9-36(10-8-17)15-26(38)27-22(30)3-2-4-23(27)31/h2-4,11-14,17,19,26,38H,5-10,15H2,1H3,(H,32,34,35). The van der Waals surface area contributed by atoms with E-state index in [2.05, 4.69) is 20.1 Å². The molecule has 0 radical (unpaired) electrons. The van der Waals surface area contributed by atoms with Gasteiger partial charge < -0.3 is 15.3 Å². The average molecular weight is 539 g/mol. The number of rotatable bonds is 7. The van der Waals surface area contributed by atoms with Crippen LogP contribution in [0.2, 0.25) is 5.02 Å². The van der Waals surface area contributed by atoms with Gasteiger partial charge in [0.15, 0.2) is 0 Å². The van der Waals surface area contributed by atoms with Crippen molar-refractivity contribution < 1.29 is 13.9 Å². The number of nitrogens with one attached hydrogen (secondary N) is 1. The molecule has 1 saturated carbocycles. The van der Waals surface area contributed by atoms with E-state index in [-0.39, 0.29) is 18.0 Å². The van der Waals surface area contributed by atoms with Crippen molar-refractivity contribution in [1.29, 1.82) is 0 Å². The summed E-state index contributed by atoms with van der Waals surface area (Å²) in [7, 11) is 0. The third-order valence-electron chi connectivity index (χ3n) is 7.67. The Morgan fingerprint density at radius 3 is 2.55 bits per heavy atom. The highest BCUT2D eigenvalue weighted by Crippen LogP contribution is 2.38. The Kier molecular flexibility index (Phi) is 6.75. The molecule has 1 saturated heterocycles. The first kappa shape index (κ1) is 25.2. The lowest BCUT2D eigenvalue weighted by Gasteiger charge is -2.33. The minimum atomic E-state index is -1.22. The molecule has 1 unspecified atom stereocenters. The molecule has 2 fully saturated rings. The Balaban J connectivity index is 1.14. The second kappa shape index (κ2) is 10.2. The van der Waals surface area contributed by atoms with Crippen molar-refractivity contribution in [3.63, 3.8) is 0 Å². The van der Waals surface area contributed by atoms with Crippen LogP contribution < -0.4 is 5.32 Å². The highest BCUT2D eigenvalue weighted by Gasteiger charge is 2.28. The quantitative estimate of drug-likeness (QED) is 0.298. The van der Waals surface area contributed by atoms with E-state index in [1.165, 1.54) is 31.0 Å². The minimum absolute atomic E-state index is 0.176. The number of aromatic nitrogens is 4. The van der Waals surface area contributed by atoms with Crippen LogP contribution in [0.5, 0.6) is 0 Å². The Morgan fingerprint density at radius 1 is 1.11 bits per heavy atom. The van der Waals surface area contributed by atoms with Crippen molar-refractivity contribution in [1.82, 2.24) is 24.6 Å². The first-order chi connectivity index (χ1) is 18.4. The van der Waals surface area contributed by atoms with E-state index in [9.17, 15) is 13.9 Å². The first-order valence-corrected chi connectivity index (χ1v) is 13.4. The molecule has 2 aromatic carbocycles. The van der Waals surface area contributed by atoms with Gasteiger partial charge in [-0.3, -0.25) is 4.68 Å². The predicted octanol–water partition coefficient (Wildman–Crippen LogP) is 6.06. The summed E-state index contributed by atoms with van der Waals surface area (Å²) in [6.07, 6.45) is 6.33. The number of halogens is 3. The molecule has 0 bridgehead atoms. The van der Waals surface area contributed by atoms with Crippen LogP contribution in [-0.2, 0) is 0 Å². The second-order valence-electron chi connectivity index (χ2n) is 10.3. The zero-order valence-corrected chi connectivity index (χ0v) is 21.8. The zero-order chi connectivity index (χ0) is 26.4. The van der Waals surface area contributed by atoms with Gasteiger partial charge in [-0.25, -0.2) is 18.7 Å². The summed E-state index contributed by atoms with van der Waals surface area (Å²) in [5.74, 6) is -0.722. The maximum Gasteiger partial charge on any atom is 0.227 e. The van der Waals surface area contributed by atoms with Gasteiger partial charge in [-0.15, -0.1) is 0 Å². The number of hydrogen-bond donors (Lipinski definition) is 2. The van der Waals surface area contributed by atoms with Gasteiger partial charge in [0.05, 0.1) is 40.8 Å². The summed E-state index contributed by atoms with van der Waals surface area (Å²) in [6.45, 7) is 3.60. The number of piperidine rings is 1. The molecule has 4 aromatic rings. The molecule has 1 atom stereocenters. The molecule has 2 N–H and O–H groups in total. The summed E-state index contributed by atoms with van der Waals surface area (Å²) in [4.78, 5) is 11.3. The Labute approximate surface area is 224 Å². The highest BCUT2D eigenvalue weighted by molar-refractivity contribution is 6.32. The number of fused-ring (bicyclic) bond motifs is 1. The summed E-state index contributed by atoms with van der Waals surface area (Å²) >= 11 is 6.68. The average Bonchev–Trinajstić information content (AvgIpc) is 3.67. The zero-order valence-electron chi connectivity index (χ0n) is 21.0. The maximum absolute atomic E-state index is 14.1. The topological polar surface area (TPSA) is 79.1 Å². The molecule has 10 heteroatoms. The molecule has 0 spiro atoms. The van der Waals surface area contributed by atoms with Gasteiger partial charge in [-0.05, 0) is 81.4 Å². The van der Waals surface area contributed by atoms with Crippen molar-refractivity contribution in [3.8, 4) is 0 Å². The SMILES string of the molecule is Cc1c(Nc2ncc3cc(Cl)c(C4CCN(CC(O)c5c(F)cccc5F)CC4)cc3n2)cnn1C1CC1. The maximum atomic E-state index is 14.1. The Hall–Kier alpha value is -3.14. The van der Waals surface area contributed by atoms with Crippen LogP contribution >= 0.6 is 11.6 Å². The van der Waals surface area contributed by atoms with Crippen molar-refractivity contribution in [3.05, 3.63) is 76.2 Å². The molecule has 7 nitrogen and oxygen atoms in total. The molecule has 6 rings (SSSR count). The molecular formula is C28H29ClF2N6O. The van der Waals surface area contributed by atoms with Crippen LogP contribution in [0.4, 0.5) is 20.4 Å². The van der Waals surface area contributed by atoms with E-state index in [1.54, 1.807) is 6.20 Å². The lowest BCUT2D eigenvalue weighted by atomic mass is 9.88. The lowest BCUT2D eigenvalue weighted by Crippen LogP contribution is -2.36.